The number of hydrogen-bond donors (Lipinski definition) is 0. The fourth-order valence-electron chi connectivity index (χ4n) is 4.01. The summed E-state index contributed by atoms with van der Waals surface area (Å²) >= 11 is 1.92. The maximum Gasteiger partial charge on any atom is 0.306 e. The quantitative estimate of drug-likeness (QED) is 0.366. The van der Waals surface area contributed by atoms with E-state index in [1.807, 2.05) is 11.3 Å². The van der Waals surface area contributed by atoms with Crippen molar-refractivity contribution < 1.29 is 4.57 Å². The number of rotatable bonds is 1. The van der Waals surface area contributed by atoms with Crippen molar-refractivity contribution in [3.05, 3.63) is 84.4 Å². The van der Waals surface area contributed by atoms with E-state index in [-0.39, 0.29) is 0 Å². The highest BCUT2D eigenvalue weighted by Crippen LogP contribution is 2.40. The molecule has 0 amide bonds. The first-order chi connectivity index (χ1) is 12.4. The Labute approximate surface area is 149 Å². The Kier molecular flexibility index (Phi) is 2.57. The molecule has 0 aliphatic carbocycles. The van der Waals surface area contributed by atoms with Crippen molar-refractivity contribution in [1.29, 1.82) is 0 Å². The van der Waals surface area contributed by atoms with Crippen LogP contribution in [-0.4, -0.2) is 4.57 Å². The zero-order chi connectivity index (χ0) is 16.4. The van der Waals surface area contributed by atoms with Gasteiger partial charge in [0.2, 0.25) is 0 Å². The number of fused-ring (bicyclic) bond motifs is 7. The Morgan fingerprint density at radius 3 is 2.48 bits per heavy atom. The summed E-state index contributed by atoms with van der Waals surface area (Å²) in [6.07, 6.45) is 0. The molecule has 0 spiro atoms. The third-order valence-electron chi connectivity index (χ3n) is 5.09. The molecule has 1 aliphatic rings. The van der Waals surface area contributed by atoms with Gasteiger partial charge in [0, 0.05) is 16.5 Å². The first-order valence-corrected chi connectivity index (χ1v) is 9.33. The lowest BCUT2D eigenvalue weighted by Crippen LogP contribution is -2.32. The van der Waals surface area contributed by atoms with Gasteiger partial charge in [-0.1, -0.05) is 59.9 Å². The van der Waals surface area contributed by atoms with E-state index in [0.29, 0.717) is 0 Å². The molecule has 0 bridgehead atoms. The fourth-order valence-corrected chi connectivity index (χ4v) is 5.35. The van der Waals surface area contributed by atoms with Crippen molar-refractivity contribution in [3.63, 3.8) is 0 Å². The molecule has 3 heterocycles. The number of benzene rings is 3. The van der Waals surface area contributed by atoms with Crippen LogP contribution in [0.15, 0.2) is 78.9 Å². The van der Waals surface area contributed by atoms with Crippen LogP contribution in [0.25, 0.3) is 37.5 Å². The minimum absolute atomic E-state index is 0.953. The standard InChI is InChI=1S/C22H15N2S/c1-2-9-16(10-3-1)24-19-13-7-6-12-18(19)20-21(24)23-14-15-8-4-5-11-17(15)22(23)25-20/h1-13H,14H2/q+1. The van der Waals surface area contributed by atoms with Gasteiger partial charge in [-0.25, -0.2) is 4.57 Å². The van der Waals surface area contributed by atoms with E-state index in [2.05, 4.69) is 88.0 Å². The third-order valence-corrected chi connectivity index (χ3v) is 6.33. The number of aromatic nitrogens is 2. The zero-order valence-corrected chi connectivity index (χ0v) is 14.3. The lowest BCUT2D eigenvalue weighted by Gasteiger charge is -2.01. The molecule has 2 nitrogen and oxygen atoms in total. The highest BCUT2D eigenvalue weighted by Gasteiger charge is 2.33. The van der Waals surface area contributed by atoms with Gasteiger partial charge in [0.05, 0.1) is 0 Å². The van der Waals surface area contributed by atoms with Gasteiger partial charge in [0.25, 0.3) is 0 Å². The molecular formula is C22H15N2S+. The van der Waals surface area contributed by atoms with Gasteiger partial charge in [-0.05, 0) is 30.3 Å². The monoisotopic (exact) mass is 339 g/mol. The van der Waals surface area contributed by atoms with Gasteiger partial charge < -0.3 is 0 Å². The molecule has 0 saturated carbocycles. The molecule has 0 atom stereocenters. The van der Waals surface area contributed by atoms with Gasteiger partial charge in [-0.3, -0.25) is 0 Å². The average molecular weight is 339 g/mol. The van der Waals surface area contributed by atoms with Crippen molar-refractivity contribution in [2.75, 3.05) is 0 Å². The third kappa shape index (κ3) is 1.71. The number of nitrogens with zero attached hydrogens (tertiary/aromatic N) is 2. The van der Waals surface area contributed by atoms with Gasteiger partial charge >= 0.3 is 5.65 Å². The number of hydrogen-bond acceptors (Lipinski definition) is 1. The van der Waals surface area contributed by atoms with Gasteiger partial charge in [0.15, 0.2) is 5.01 Å². The van der Waals surface area contributed by atoms with Gasteiger partial charge in [0.1, 0.15) is 22.4 Å². The maximum absolute atomic E-state index is 2.48. The Bertz CT molecular complexity index is 1260. The van der Waals surface area contributed by atoms with Crippen molar-refractivity contribution in [2.45, 2.75) is 6.54 Å². The second kappa shape index (κ2) is 4.80. The summed E-state index contributed by atoms with van der Waals surface area (Å²) in [4.78, 5) is 0. The lowest BCUT2D eigenvalue weighted by molar-refractivity contribution is -0.644. The summed E-state index contributed by atoms with van der Waals surface area (Å²) in [5.41, 5.74) is 6.61. The molecule has 25 heavy (non-hydrogen) atoms. The van der Waals surface area contributed by atoms with Crippen molar-refractivity contribution >= 4 is 32.6 Å². The number of thiazole rings is 1. The van der Waals surface area contributed by atoms with Crippen LogP contribution in [0.1, 0.15) is 5.56 Å². The summed E-state index contributed by atoms with van der Waals surface area (Å²) in [5, 5.41) is 2.71. The normalized spacial score (nSPS) is 12.6. The molecule has 3 aromatic carbocycles. The SMILES string of the molecule is c1ccc(-n2c3ccccc3c3sc4[n+](c32)Cc2ccccc2-4)cc1. The fraction of sp³-hybridized carbons (Fsp3) is 0.0455. The van der Waals surface area contributed by atoms with E-state index >= 15 is 0 Å². The predicted octanol–water partition coefficient (Wildman–Crippen LogP) is 5.16. The Morgan fingerprint density at radius 1 is 0.800 bits per heavy atom. The Hall–Kier alpha value is -2.91. The summed E-state index contributed by atoms with van der Waals surface area (Å²) < 4.78 is 6.28. The van der Waals surface area contributed by atoms with E-state index in [0.717, 1.165) is 6.54 Å². The van der Waals surface area contributed by atoms with Crippen LogP contribution < -0.4 is 4.57 Å². The highest BCUT2D eigenvalue weighted by atomic mass is 32.1. The van der Waals surface area contributed by atoms with Crippen molar-refractivity contribution in [1.82, 2.24) is 4.57 Å². The van der Waals surface area contributed by atoms with Crippen LogP contribution in [-0.2, 0) is 6.54 Å². The molecule has 2 aromatic heterocycles. The van der Waals surface area contributed by atoms with Crippen LogP contribution in [0.4, 0.5) is 0 Å². The van der Waals surface area contributed by atoms with E-state index in [1.54, 1.807) is 0 Å². The molecular weight excluding hydrogens is 324 g/mol. The van der Waals surface area contributed by atoms with Crippen molar-refractivity contribution in [3.8, 4) is 16.3 Å². The smallest absolute Gasteiger partial charge is 0.212 e. The summed E-state index contributed by atoms with van der Waals surface area (Å²) in [6.45, 7) is 0.953. The molecule has 0 unspecified atom stereocenters. The molecule has 0 radical (unpaired) electrons. The van der Waals surface area contributed by atoms with Crippen molar-refractivity contribution in [2.24, 2.45) is 0 Å². The molecule has 0 fully saturated rings. The van der Waals surface area contributed by atoms with Crippen LogP contribution in [0.3, 0.4) is 0 Å². The van der Waals surface area contributed by atoms with E-state index < -0.39 is 0 Å². The highest BCUT2D eigenvalue weighted by molar-refractivity contribution is 7.22. The molecule has 0 N–H and O–H groups in total. The summed E-state index contributed by atoms with van der Waals surface area (Å²) in [5.74, 6) is 0. The van der Waals surface area contributed by atoms with Crippen LogP contribution >= 0.6 is 11.3 Å². The topological polar surface area (TPSA) is 8.81 Å². The largest absolute Gasteiger partial charge is 0.306 e. The van der Waals surface area contributed by atoms with E-state index in [1.165, 1.54) is 43.1 Å². The molecule has 3 heteroatoms. The van der Waals surface area contributed by atoms with Crippen LogP contribution in [0, 0.1) is 0 Å². The van der Waals surface area contributed by atoms with E-state index in [9.17, 15) is 0 Å². The maximum atomic E-state index is 2.48. The van der Waals surface area contributed by atoms with Crippen LogP contribution in [0.2, 0.25) is 0 Å². The van der Waals surface area contributed by atoms with Gasteiger partial charge in [-0.15, -0.1) is 0 Å². The second-order valence-corrected chi connectivity index (χ2v) is 7.49. The Morgan fingerprint density at radius 2 is 1.56 bits per heavy atom. The number of para-hydroxylation sites is 2. The molecule has 5 aromatic rings. The zero-order valence-electron chi connectivity index (χ0n) is 13.5. The summed E-state index contributed by atoms with van der Waals surface area (Å²) in [6, 6.07) is 28.2. The Balaban J connectivity index is 1.79. The first-order valence-electron chi connectivity index (χ1n) is 8.51. The van der Waals surface area contributed by atoms with E-state index in [4.69, 9.17) is 0 Å². The molecule has 118 valence electrons. The minimum Gasteiger partial charge on any atom is -0.212 e. The predicted molar refractivity (Wildman–Crippen MR) is 103 cm³/mol. The minimum atomic E-state index is 0.953. The average Bonchev–Trinajstić information content (AvgIpc) is 3.30. The lowest BCUT2D eigenvalue weighted by atomic mass is 10.1. The van der Waals surface area contributed by atoms with Gasteiger partial charge in [-0.2, -0.15) is 4.57 Å². The second-order valence-electron chi connectivity index (χ2n) is 6.49. The molecule has 0 saturated heterocycles. The van der Waals surface area contributed by atoms with Crippen LogP contribution in [0.5, 0.6) is 0 Å². The first kappa shape index (κ1) is 13.4. The molecule has 1 aliphatic heterocycles. The summed E-state index contributed by atoms with van der Waals surface area (Å²) in [7, 11) is 0. The molecule has 6 rings (SSSR count).